The number of rotatable bonds is 6. The number of amides is 3. The lowest BCUT2D eigenvalue weighted by Crippen LogP contribution is -2.52. The lowest BCUT2D eigenvalue weighted by Gasteiger charge is -2.17. The molecule has 3 amide bonds. The minimum atomic E-state index is -1.14. The first-order valence-electron chi connectivity index (χ1n) is 6.49. The molecule has 0 heterocycles. The number of hydrogen-bond acceptors (Lipinski definition) is 3. The average Bonchev–Trinajstić information content (AvgIpc) is 2.46. The van der Waals surface area contributed by atoms with E-state index < -0.39 is 24.1 Å². The van der Waals surface area contributed by atoms with Gasteiger partial charge in [0, 0.05) is 13.5 Å². The molecule has 1 aromatic rings. The number of likely N-dealkylation sites (N-methyl/N-ethyl adjacent to an activating group) is 1. The molecule has 0 aliphatic rings. The summed E-state index contributed by atoms with van der Waals surface area (Å²) >= 11 is 0. The molecule has 21 heavy (non-hydrogen) atoms. The highest BCUT2D eigenvalue weighted by atomic mass is 16.4. The van der Waals surface area contributed by atoms with Crippen molar-refractivity contribution in [2.24, 2.45) is 0 Å². The Bertz CT molecular complexity index is 504. The number of aliphatic carboxylic acids is 1. The third kappa shape index (κ3) is 5.52. The van der Waals surface area contributed by atoms with E-state index in [4.69, 9.17) is 5.11 Å². The number of hydrogen-bond donors (Lipinski definition) is 4. The molecule has 2 unspecified atom stereocenters. The number of carbonyl (C=O) groups excluding carboxylic acids is 2. The Labute approximate surface area is 122 Å². The second-order valence-corrected chi connectivity index (χ2v) is 4.53. The lowest BCUT2D eigenvalue weighted by atomic mass is 10.1. The standard InChI is InChI=1S/C14H19N3O4/c1-9(12(18)15-2)16-14(21)17-11(13(19)20)8-10-6-4-3-5-7-10/h3-7,9,11H,8H2,1-2H3,(H,15,18)(H,19,20)(H2,16,17,21). The van der Waals surface area contributed by atoms with Gasteiger partial charge in [-0.15, -0.1) is 0 Å². The maximum absolute atomic E-state index is 11.7. The van der Waals surface area contributed by atoms with Gasteiger partial charge in [-0.05, 0) is 12.5 Å². The molecule has 0 bridgehead atoms. The Morgan fingerprint density at radius 2 is 1.76 bits per heavy atom. The summed E-state index contributed by atoms with van der Waals surface area (Å²) in [6.45, 7) is 1.51. The fourth-order valence-corrected chi connectivity index (χ4v) is 1.73. The van der Waals surface area contributed by atoms with Gasteiger partial charge in [-0.2, -0.15) is 0 Å². The first-order chi connectivity index (χ1) is 9.93. The maximum Gasteiger partial charge on any atom is 0.326 e. The summed E-state index contributed by atoms with van der Waals surface area (Å²) < 4.78 is 0. The molecule has 0 fully saturated rings. The zero-order valence-corrected chi connectivity index (χ0v) is 11.9. The number of carbonyl (C=O) groups is 3. The van der Waals surface area contributed by atoms with Crippen LogP contribution in [0.15, 0.2) is 30.3 Å². The number of urea groups is 1. The molecule has 0 aliphatic carbocycles. The second-order valence-electron chi connectivity index (χ2n) is 4.53. The quantitative estimate of drug-likeness (QED) is 0.597. The van der Waals surface area contributed by atoms with Crippen LogP contribution in [0.2, 0.25) is 0 Å². The monoisotopic (exact) mass is 293 g/mol. The van der Waals surface area contributed by atoms with Crippen LogP contribution in [0.25, 0.3) is 0 Å². The molecule has 114 valence electrons. The van der Waals surface area contributed by atoms with Crippen LogP contribution < -0.4 is 16.0 Å². The van der Waals surface area contributed by atoms with Gasteiger partial charge < -0.3 is 21.1 Å². The number of nitrogens with one attached hydrogen (secondary N) is 3. The van der Waals surface area contributed by atoms with Gasteiger partial charge in [0.15, 0.2) is 0 Å². The molecular weight excluding hydrogens is 274 g/mol. The molecule has 0 saturated carbocycles. The van der Waals surface area contributed by atoms with Crippen LogP contribution >= 0.6 is 0 Å². The summed E-state index contributed by atoms with van der Waals surface area (Å²) in [6, 6.07) is 6.46. The molecular formula is C14H19N3O4. The van der Waals surface area contributed by atoms with E-state index >= 15 is 0 Å². The zero-order chi connectivity index (χ0) is 15.8. The van der Waals surface area contributed by atoms with Gasteiger partial charge >= 0.3 is 12.0 Å². The topological polar surface area (TPSA) is 108 Å². The maximum atomic E-state index is 11.7. The van der Waals surface area contributed by atoms with Gasteiger partial charge in [0.05, 0.1) is 0 Å². The predicted molar refractivity (Wildman–Crippen MR) is 76.8 cm³/mol. The van der Waals surface area contributed by atoms with E-state index in [-0.39, 0.29) is 12.3 Å². The minimum absolute atomic E-state index is 0.165. The number of carboxylic acid groups (broad SMARTS) is 1. The molecule has 1 rings (SSSR count). The Balaban J connectivity index is 2.60. The van der Waals surface area contributed by atoms with Gasteiger partial charge in [-0.25, -0.2) is 9.59 Å². The van der Waals surface area contributed by atoms with E-state index in [1.807, 2.05) is 6.07 Å². The summed E-state index contributed by atoms with van der Waals surface area (Å²) in [6.07, 6.45) is 0.165. The smallest absolute Gasteiger partial charge is 0.326 e. The van der Waals surface area contributed by atoms with Crippen molar-refractivity contribution in [1.29, 1.82) is 0 Å². The Kier molecular flexibility index (Phi) is 6.19. The van der Waals surface area contributed by atoms with Crippen LogP contribution in [-0.2, 0) is 16.0 Å². The van der Waals surface area contributed by atoms with Crippen molar-refractivity contribution in [2.45, 2.75) is 25.4 Å². The van der Waals surface area contributed by atoms with Crippen molar-refractivity contribution >= 4 is 17.9 Å². The molecule has 7 nitrogen and oxygen atoms in total. The van der Waals surface area contributed by atoms with Crippen molar-refractivity contribution in [3.05, 3.63) is 35.9 Å². The molecule has 7 heteroatoms. The highest BCUT2D eigenvalue weighted by Crippen LogP contribution is 2.03. The summed E-state index contributed by atoms with van der Waals surface area (Å²) in [5.74, 6) is -1.50. The fourth-order valence-electron chi connectivity index (χ4n) is 1.73. The largest absolute Gasteiger partial charge is 0.480 e. The van der Waals surface area contributed by atoms with E-state index in [0.29, 0.717) is 0 Å². The molecule has 0 radical (unpaired) electrons. The lowest BCUT2D eigenvalue weighted by molar-refractivity contribution is -0.139. The summed E-state index contributed by atoms with van der Waals surface area (Å²) in [4.78, 5) is 34.2. The number of carboxylic acids is 1. The van der Waals surface area contributed by atoms with Crippen molar-refractivity contribution in [3.8, 4) is 0 Å². The Morgan fingerprint density at radius 3 is 2.29 bits per heavy atom. The molecule has 2 atom stereocenters. The van der Waals surface area contributed by atoms with E-state index in [0.717, 1.165) is 5.56 Å². The van der Waals surface area contributed by atoms with Crippen molar-refractivity contribution in [1.82, 2.24) is 16.0 Å². The van der Waals surface area contributed by atoms with Crippen molar-refractivity contribution in [3.63, 3.8) is 0 Å². The van der Waals surface area contributed by atoms with Gasteiger partial charge in [0.25, 0.3) is 0 Å². The van der Waals surface area contributed by atoms with E-state index in [9.17, 15) is 14.4 Å². The summed E-state index contributed by atoms with van der Waals surface area (Å²) in [7, 11) is 1.45. The molecule has 0 aromatic heterocycles. The SMILES string of the molecule is CNC(=O)C(C)NC(=O)NC(Cc1ccccc1)C(=O)O. The molecule has 1 aromatic carbocycles. The van der Waals surface area contributed by atoms with Crippen LogP contribution in [0, 0.1) is 0 Å². The molecule has 0 spiro atoms. The third-order valence-electron chi connectivity index (χ3n) is 2.87. The minimum Gasteiger partial charge on any atom is -0.480 e. The molecule has 4 N–H and O–H groups in total. The van der Waals surface area contributed by atoms with Crippen LogP contribution in [0.4, 0.5) is 4.79 Å². The van der Waals surface area contributed by atoms with Crippen LogP contribution in [0.5, 0.6) is 0 Å². The highest BCUT2D eigenvalue weighted by molar-refractivity contribution is 5.88. The van der Waals surface area contributed by atoms with Crippen LogP contribution in [-0.4, -0.2) is 42.1 Å². The molecule has 0 aliphatic heterocycles. The van der Waals surface area contributed by atoms with Crippen LogP contribution in [0.3, 0.4) is 0 Å². The normalized spacial score (nSPS) is 12.9. The van der Waals surface area contributed by atoms with Gasteiger partial charge in [0.2, 0.25) is 5.91 Å². The predicted octanol–water partition coefficient (Wildman–Crippen LogP) is 0.116. The Hall–Kier alpha value is -2.57. The van der Waals surface area contributed by atoms with Crippen molar-refractivity contribution < 1.29 is 19.5 Å². The Morgan fingerprint density at radius 1 is 1.14 bits per heavy atom. The summed E-state index contributed by atoms with van der Waals surface area (Å²) in [5.41, 5.74) is 0.796. The zero-order valence-electron chi connectivity index (χ0n) is 11.9. The highest BCUT2D eigenvalue weighted by Gasteiger charge is 2.22. The third-order valence-corrected chi connectivity index (χ3v) is 2.87. The van der Waals surface area contributed by atoms with E-state index in [2.05, 4.69) is 16.0 Å². The summed E-state index contributed by atoms with van der Waals surface area (Å²) in [5, 5.41) is 16.3. The van der Waals surface area contributed by atoms with Crippen molar-refractivity contribution in [2.75, 3.05) is 7.05 Å². The first kappa shape index (κ1) is 16.5. The number of benzene rings is 1. The van der Waals surface area contributed by atoms with E-state index in [1.165, 1.54) is 14.0 Å². The fraction of sp³-hybridized carbons (Fsp3) is 0.357. The second kappa shape index (κ2) is 7.88. The first-order valence-corrected chi connectivity index (χ1v) is 6.49. The molecule has 0 saturated heterocycles. The van der Waals surface area contributed by atoms with Gasteiger partial charge in [-0.1, -0.05) is 30.3 Å². The van der Waals surface area contributed by atoms with Crippen LogP contribution in [0.1, 0.15) is 12.5 Å². The van der Waals surface area contributed by atoms with E-state index in [1.54, 1.807) is 24.3 Å². The van der Waals surface area contributed by atoms with Gasteiger partial charge in [0.1, 0.15) is 12.1 Å². The average molecular weight is 293 g/mol. The van der Waals surface area contributed by atoms with Gasteiger partial charge in [-0.3, -0.25) is 4.79 Å².